The monoisotopic (exact) mass is 206 g/mol. The van der Waals surface area contributed by atoms with Gasteiger partial charge < -0.3 is 5.32 Å². The van der Waals surface area contributed by atoms with Crippen molar-refractivity contribution in [2.75, 3.05) is 12.8 Å². The minimum atomic E-state index is 0.543. The number of benzene rings is 1. The topological polar surface area (TPSA) is 24.4 Å². The first kappa shape index (κ1) is 9.59. The minimum Gasteiger partial charge on any atom is -0.361 e. The van der Waals surface area contributed by atoms with Crippen LogP contribution in [0.25, 0.3) is 0 Å². The molecule has 1 aromatic carbocycles. The molecular weight excluding hydrogens is 192 g/mol. The predicted molar refractivity (Wildman–Crippen MR) is 62.9 cm³/mol. The molecule has 1 saturated heterocycles. The van der Waals surface area contributed by atoms with Crippen molar-refractivity contribution in [1.29, 1.82) is 0 Å². The average Bonchev–Trinajstić information content (AvgIpc) is 2.67. The molecule has 1 N–H and O–H groups in total. The molecule has 1 aromatic rings. The summed E-state index contributed by atoms with van der Waals surface area (Å²) in [5, 5.41) is 4.48. The lowest BCUT2D eigenvalue weighted by Crippen LogP contribution is -2.28. The highest BCUT2D eigenvalue weighted by Crippen LogP contribution is 2.16. The second-order valence-electron chi connectivity index (χ2n) is 3.37. The molecule has 2 nitrogen and oxygen atoms in total. The normalized spacial score (nSPS) is 23.8. The number of thioether (sulfide) groups is 1. The van der Waals surface area contributed by atoms with Gasteiger partial charge in [-0.15, -0.1) is 0 Å². The molecule has 74 valence electrons. The Morgan fingerprint density at radius 2 is 2.21 bits per heavy atom. The van der Waals surface area contributed by atoms with Gasteiger partial charge in [0.1, 0.15) is 0 Å². The van der Waals surface area contributed by atoms with Gasteiger partial charge >= 0.3 is 0 Å². The number of rotatable bonds is 2. The zero-order valence-corrected chi connectivity index (χ0v) is 9.05. The van der Waals surface area contributed by atoms with E-state index in [-0.39, 0.29) is 0 Å². The maximum atomic E-state index is 4.15. The van der Waals surface area contributed by atoms with Crippen molar-refractivity contribution in [3.8, 4) is 0 Å². The molecule has 0 aromatic heterocycles. The largest absolute Gasteiger partial charge is 0.361 e. The molecule has 1 aliphatic rings. The van der Waals surface area contributed by atoms with Gasteiger partial charge in [0.25, 0.3) is 0 Å². The molecule has 3 heteroatoms. The lowest BCUT2D eigenvalue weighted by atomic mass is 10.1. The zero-order valence-electron chi connectivity index (χ0n) is 8.23. The number of aliphatic imine (C=N–C) groups is 1. The summed E-state index contributed by atoms with van der Waals surface area (Å²) in [6.07, 6.45) is 1.09. The van der Waals surface area contributed by atoms with Crippen LogP contribution < -0.4 is 5.32 Å². The van der Waals surface area contributed by atoms with Gasteiger partial charge in [-0.05, 0) is 12.0 Å². The summed E-state index contributed by atoms with van der Waals surface area (Å²) < 4.78 is 0. The van der Waals surface area contributed by atoms with Crippen molar-refractivity contribution < 1.29 is 0 Å². The first-order valence-electron chi connectivity index (χ1n) is 4.78. The van der Waals surface area contributed by atoms with E-state index in [1.54, 1.807) is 0 Å². The van der Waals surface area contributed by atoms with Crippen molar-refractivity contribution in [2.45, 2.75) is 12.5 Å². The molecule has 0 bridgehead atoms. The van der Waals surface area contributed by atoms with Crippen molar-refractivity contribution in [1.82, 2.24) is 5.32 Å². The lowest BCUT2D eigenvalue weighted by molar-refractivity contribution is 0.688. The van der Waals surface area contributed by atoms with Crippen LogP contribution in [-0.2, 0) is 6.42 Å². The van der Waals surface area contributed by atoms with E-state index in [2.05, 4.69) is 40.6 Å². The SMILES string of the molecule is CN=C1N[C@@H](Cc2ccccc2)CS1. The second-order valence-corrected chi connectivity index (χ2v) is 4.38. The summed E-state index contributed by atoms with van der Waals surface area (Å²) >= 11 is 1.81. The van der Waals surface area contributed by atoms with E-state index in [1.165, 1.54) is 5.56 Å². The fraction of sp³-hybridized carbons (Fsp3) is 0.364. The molecular formula is C11H14N2S. The molecule has 14 heavy (non-hydrogen) atoms. The maximum Gasteiger partial charge on any atom is 0.156 e. The molecule has 1 aliphatic heterocycles. The summed E-state index contributed by atoms with van der Waals surface area (Å²) in [5.74, 6) is 1.13. The van der Waals surface area contributed by atoms with Crippen molar-refractivity contribution in [3.05, 3.63) is 35.9 Å². The Labute approximate surface area is 88.8 Å². The molecule has 0 spiro atoms. The Kier molecular flexibility index (Phi) is 3.09. The van der Waals surface area contributed by atoms with Crippen molar-refractivity contribution in [3.63, 3.8) is 0 Å². The number of nitrogens with one attached hydrogen (secondary N) is 1. The zero-order chi connectivity index (χ0) is 9.80. The summed E-state index contributed by atoms with van der Waals surface area (Å²) in [6.45, 7) is 0. The van der Waals surface area contributed by atoms with Gasteiger partial charge in [0.15, 0.2) is 5.17 Å². The lowest BCUT2D eigenvalue weighted by Gasteiger charge is -2.09. The van der Waals surface area contributed by atoms with Crippen LogP contribution in [-0.4, -0.2) is 24.0 Å². The molecule has 0 unspecified atom stereocenters. The van der Waals surface area contributed by atoms with Crippen LogP contribution in [0, 0.1) is 0 Å². The number of hydrogen-bond donors (Lipinski definition) is 1. The molecule has 0 saturated carbocycles. The van der Waals surface area contributed by atoms with Crippen LogP contribution in [0.15, 0.2) is 35.3 Å². The third-order valence-electron chi connectivity index (χ3n) is 2.28. The van der Waals surface area contributed by atoms with E-state index in [0.29, 0.717) is 6.04 Å². The highest BCUT2D eigenvalue weighted by molar-refractivity contribution is 8.14. The number of nitrogens with zero attached hydrogens (tertiary/aromatic N) is 1. The van der Waals surface area contributed by atoms with Crippen molar-refractivity contribution >= 4 is 16.9 Å². The van der Waals surface area contributed by atoms with Crippen LogP contribution in [0.3, 0.4) is 0 Å². The smallest absolute Gasteiger partial charge is 0.156 e. The van der Waals surface area contributed by atoms with E-state index >= 15 is 0 Å². The van der Waals surface area contributed by atoms with Crippen LogP contribution in [0.4, 0.5) is 0 Å². The maximum absolute atomic E-state index is 4.15. The van der Waals surface area contributed by atoms with Crippen LogP contribution in [0.2, 0.25) is 0 Å². The third-order valence-corrected chi connectivity index (χ3v) is 3.42. The van der Waals surface area contributed by atoms with Gasteiger partial charge in [-0.2, -0.15) is 0 Å². The Balaban J connectivity index is 1.94. The summed E-state index contributed by atoms with van der Waals surface area (Å²) in [4.78, 5) is 4.15. The fourth-order valence-electron chi connectivity index (χ4n) is 1.58. The fourth-order valence-corrected chi connectivity index (χ4v) is 2.51. The van der Waals surface area contributed by atoms with E-state index in [4.69, 9.17) is 0 Å². The minimum absolute atomic E-state index is 0.543. The van der Waals surface area contributed by atoms with Gasteiger partial charge in [-0.3, -0.25) is 4.99 Å². The number of amidine groups is 1. The highest BCUT2D eigenvalue weighted by Gasteiger charge is 2.19. The molecule has 1 heterocycles. The van der Waals surface area contributed by atoms with Crippen LogP contribution in [0.1, 0.15) is 5.56 Å². The van der Waals surface area contributed by atoms with E-state index < -0.39 is 0 Å². The molecule has 0 amide bonds. The highest BCUT2D eigenvalue weighted by atomic mass is 32.2. The Morgan fingerprint density at radius 1 is 1.43 bits per heavy atom. The summed E-state index contributed by atoms with van der Waals surface area (Å²) in [5.41, 5.74) is 1.39. The molecule has 0 radical (unpaired) electrons. The molecule has 2 rings (SSSR count). The third kappa shape index (κ3) is 2.29. The average molecular weight is 206 g/mol. The van der Waals surface area contributed by atoms with Crippen molar-refractivity contribution in [2.24, 2.45) is 4.99 Å². The quantitative estimate of drug-likeness (QED) is 0.799. The first-order chi connectivity index (χ1) is 6.88. The van der Waals surface area contributed by atoms with Crippen LogP contribution >= 0.6 is 11.8 Å². The molecule has 0 aliphatic carbocycles. The molecule has 1 atom stereocenters. The van der Waals surface area contributed by atoms with Gasteiger partial charge in [0.2, 0.25) is 0 Å². The van der Waals surface area contributed by atoms with Gasteiger partial charge in [-0.1, -0.05) is 42.1 Å². The van der Waals surface area contributed by atoms with Gasteiger partial charge in [0, 0.05) is 18.8 Å². The Hall–Kier alpha value is -0.960. The van der Waals surface area contributed by atoms with E-state index in [9.17, 15) is 0 Å². The molecule has 1 fully saturated rings. The van der Waals surface area contributed by atoms with E-state index in [0.717, 1.165) is 17.3 Å². The van der Waals surface area contributed by atoms with Gasteiger partial charge in [-0.25, -0.2) is 0 Å². The summed E-state index contributed by atoms with van der Waals surface area (Å²) in [6, 6.07) is 11.1. The number of hydrogen-bond acceptors (Lipinski definition) is 2. The Bertz CT molecular complexity index is 321. The van der Waals surface area contributed by atoms with Crippen LogP contribution in [0.5, 0.6) is 0 Å². The standard InChI is InChI=1S/C11H14N2S/c1-12-11-13-10(8-14-11)7-9-5-3-2-4-6-9/h2-6,10H,7-8H2,1H3,(H,12,13)/t10-/m0/s1. The Morgan fingerprint density at radius 3 is 2.86 bits per heavy atom. The second kappa shape index (κ2) is 4.51. The van der Waals surface area contributed by atoms with Gasteiger partial charge in [0.05, 0.1) is 0 Å². The predicted octanol–water partition coefficient (Wildman–Crippen LogP) is 1.92. The summed E-state index contributed by atoms with van der Waals surface area (Å²) in [7, 11) is 1.83. The van der Waals surface area contributed by atoms with E-state index in [1.807, 2.05) is 18.8 Å². The first-order valence-corrected chi connectivity index (χ1v) is 5.77.